The number of rotatable bonds is 6. The maximum Gasteiger partial charge on any atom is 0.225 e. The summed E-state index contributed by atoms with van der Waals surface area (Å²) in [6, 6.07) is 10.2. The minimum Gasteiger partial charge on any atom is -0.497 e. The first kappa shape index (κ1) is 22.1. The van der Waals surface area contributed by atoms with E-state index in [1.807, 2.05) is 25.2 Å². The van der Waals surface area contributed by atoms with Gasteiger partial charge in [-0.2, -0.15) is 0 Å². The quantitative estimate of drug-likeness (QED) is 0.529. The highest BCUT2D eigenvalue weighted by atomic mass is 16.5. The molecule has 9 nitrogen and oxygen atoms in total. The minimum atomic E-state index is 0.833. The molecule has 3 heterocycles. The third-order valence-electron chi connectivity index (χ3n) is 6.15. The molecule has 2 aliphatic heterocycles. The van der Waals surface area contributed by atoms with E-state index < -0.39 is 0 Å². The molecular weight excluding hydrogens is 404 g/mol. The molecule has 0 aliphatic carbocycles. The van der Waals surface area contributed by atoms with E-state index >= 15 is 0 Å². The molecule has 4 rings (SSSR count). The molecule has 2 aliphatic rings. The molecule has 0 bridgehead atoms. The summed E-state index contributed by atoms with van der Waals surface area (Å²) in [5.41, 5.74) is 1.24. The van der Waals surface area contributed by atoms with Crippen LogP contribution in [0.5, 0.6) is 5.75 Å². The monoisotopic (exact) mass is 438 g/mol. The molecule has 0 spiro atoms. The van der Waals surface area contributed by atoms with Crippen molar-refractivity contribution in [3.8, 4) is 5.75 Å². The Balaban J connectivity index is 1.17. The molecule has 9 heteroatoms. The average Bonchev–Trinajstić information content (AvgIpc) is 2.88. The Hall–Kier alpha value is -3.07. The fraction of sp³-hybridized carbons (Fsp3) is 0.522. The van der Waals surface area contributed by atoms with E-state index in [1.54, 1.807) is 19.5 Å². The van der Waals surface area contributed by atoms with Crippen molar-refractivity contribution in [3.05, 3.63) is 42.7 Å². The number of piperazine rings is 2. The van der Waals surface area contributed by atoms with Crippen molar-refractivity contribution in [2.24, 2.45) is 4.99 Å². The molecule has 0 unspecified atom stereocenters. The van der Waals surface area contributed by atoms with Crippen molar-refractivity contribution < 1.29 is 4.74 Å². The summed E-state index contributed by atoms with van der Waals surface area (Å²) in [6.45, 7) is 9.77. The van der Waals surface area contributed by atoms with Crippen molar-refractivity contribution in [3.63, 3.8) is 0 Å². The number of nitrogens with zero attached hydrogens (tertiary/aromatic N) is 7. The molecule has 0 radical (unpaired) electrons. The van der Waals surface area contributed by atoms with Gasteiger partial charge in [0.2, 0.25) is 5.95 Å². The molecule has 1 aromatic carbocycles. The molecule has 1 N–H and O–H groups in total. The number of anilines is 2. The fourth-order valence-electron chi connectivity index (χ4n) is 4.25. The van der Waals surface area contributed by atoms with Crippen molar-refractivity contribution >= 4 is 17.6 Å². The zero-order chi connectivity index (χ0) is 22.2. The van der Waals surface area contributed by atoms with Crippen molar-refractivity contribution in [2.45, 2.75) is 0 Å². The Morgan fingerprint density at radius 3 is 2.22 bits per heavy atom. The number of nitrogens with one attached hydrogen (secondary N) is 1. The summed E-state index contributed by atoms with van der Waals surface area (Å²) >= 11 is 0. The Kier molecular flexibility index (Phi) is 7.60. The topological polar surface area (TPSA) is 72.4 Å². The molecule has 1 aromatic heterocycles. The number of aliphatic imine (C=N–C) groups is 1. The van der Waals surface area contributed by atoms with Gasteiger partial charge in [0.05, 0.1) is 7.11 Å². The normalized spacial score (nSPS) is 18.1. The molecule has 2 fully saturated rings. The van der Waals surface area contributed by atoms with E-state index in [1.165, 1.54) is 5.69 Å². The van der Waals surface area contributed by atoms with Crippen LogP contribution in [0.1, 0.15) is 0 Å². The number of hydrogen-bond acceptors (Lipinski definition) is 7. The summed E-state index contributed by atoms with van der Waals surface area (Å²) < 4.78 is 5.26. The van der Waals surface area contributed by atoms with Gasteiger partial charge < -0.3 is 24.8 Å². The van der Waals surface area contributed by atoms with Crippen molar-refractivity contribution in [1.82, 2.24) is 25.1 Å². The van der Waals surface area contributed by atoms with Gasteiger partial charge in [-0.05, 0) is 30.3 Å². The molecule has 32 heavy (non-hydrogen) atoms. The molecule has 2 aromatic rings. The Labute approximate surface area is 190 Å². The predicted molar refractivity (Wildman–Crippen MR) is 129 cm³/mol. The van der Waals surface area contributed by atoms with E-state index in [9.17, 15) is 0 Å². The second kappa shape index (κ2) is 11.0. The number of benzene rings is 1. The van der Waals surface area contributed by atoms with Crippen LogP contribution in [-0.2, 0) is 0 Å². The van der Waals surface area contributed by atoms with Gasteiger partial charge in [0.25, 0.3) is 0 Å². The van der Waals surface area contributed by atoms with Crippen molar-refractivity contribution in [1.29, 1.82) is 0 Å². The van der Waals surface area contributed by atoms with E-state index in [-0.39, 0.29) is 0 Å². The number of guanidine groups is 1. The maximum atomic E-state index is 5.26. The summed E-state index contributed by atoms with van der Waals surface area (Å²) in [6.07, 6.45) is 3.61. The van der Waals surface area contributed by atoms with E-state index in [2.05, 4.69) is 52.0 Å². The van der Waals surface area contributed by atoms with Gasteiger partial charge >= 0.3 is 0 Å². The smallest absolute Gasteiger partial charge is 0.225 e. The van der Waals surface area contributed by atoms with E-state index in [0.29, 0.717) is 0 Å². The summed E-state index contributed by atoms with van der Waals surface area (Å²) in [7, 11) is 3.57. The highest BCUT2D eigenvalue weighted by Crippen LogP contribution is 2.20. The fourth-order valence-corrected chi connectivity index (χ4v) is 4.25. The zero-order valence-corrected chi connectivity index (χ0v) is 19.2. The van der Waals surface area contributed by atoms with Crippen molar-refractivity contribution in [2.75, 3.05) is 89.4 Å². The number of ether oxygens (including phenoxy) is 1. The largest absolute Gasteiger partial charge is 0.497 e. The van der Waals surface area contributed by atoms with E-state index in [0.717, 1.165) is 83.1 Å². The van der Waals surface area contributed by atoms with Crippen LogP contribution >= 0.6 is 0 Å². The SMILES string of the molecule is CN=C(NCCN1CCN(c2ncccn2)CC1)N1CCN(c2ccc(OC)cc2)CC1. The van der Waals surface area contributed by atoms with Crippen LogP contribution in [0, 0.1) is 0 Å². The first-order chi connectivity index (χ1) is 15.8. The van der Waals surface area contributed by atoms with Crippen LogP contribution in [0.15, 0.2) is 47.7 Å². The lowest BCUT2D eigenvalue weighted by Crippen LogP contribution is -2.54. The van der Waals surface area contributed by atoms with Gasteiger partial charge in [0.1, 0.15) is 5.75 Å². The second-order valence-corrected chi connectivity index (χ2v) is 8.02. The summed E-state index contributed by atoms with van der Waals surface area (Å²) in [4.78, 5) is 22.8. The van der Waals surface area contributed by atoms with Gasteiger partial charge in [0.15, 0.2) is 5.96 Å². The Bertz CT molecular complexity index is 844. The minimum absolute atomic E-state index is 0.833. The Morgan fingerprint density at radius 2 is 1.59 bits per heavy atom. The lowest BCUT2D eigenvalue weighted by molar-refractivity contribution is 0.258. The van der Waals surface area contributed by atoms with Crippen LogP contribution in [0.25, 0.3) is 0 Å². The molecule has 0 saturated carbocycles. The second-order valence-electron chi connectivity index (χ2n) is 8.02. The summed E-state index contributed by atoms with van der Waals surface area (Å²) in [5.74, 6) is 2.72. The third kappa shape index (κ3) is 5.59. The van der Waals surface area contributed by atoms with Gasteiger partial charge in [-0.25, -0.2) is 9.97 Å². The molecular formula is C23H34N8O. The number of methoxy groups -OCH3 is 1. The highest BCUT2D eigenvalue weighted by molar-refractivity contribution is 5.80. The van der Waals surface area contributed by atoms with E-state index in [4.69, 9.17) is 4.74 Å². The van der Waals surface area contributed by atoms with Gasteiger partial charge in [-0.15, -0.1) is 0 Å². The average molecular weight is 439 g/mol. The molecule has 0 atom stereocenters. The standard InChI is InChI=1S/C23H34N8O/c1-24-22(30-18-16-29(17-19-30)20-4-6-21(32-2)7-5-20)27-10-11-28-12-14-31(15-13-28)23-25-8-3-9-26-23/h3-9H,10-19H2,1-2H3,(H,24,27). The molecule has 2 saturated heterocycles. The van der Waals surface area contributed by atoms with Gasteiger partial charge in [-0.3, -0.25) is 9.89 Å². The Morgan fingerprint density at radius 1 is 0.938 bits per heavy atom. The number of aromatic nitrogens is 2. The third-order valence-corrected chi connectivity index (χ3v) is 6.15. The van der Waals surface area contributed by atoms with Gasteiger partial charge in [-0.1, -0.05) is 0 Å². The zero-order valence-electron chi connectivity index (χ0n) is 19.2. The highest BCUT2D eigenvalue weighted by Gasteiger charge is 2.21. The van der Waals surface area contributed by atoms with Gasteiger partial charge in [0, 0.05) is 90.6 Å². The predicted octanol–water partition coefficient (Wildman–Crippen LogP) is 1.00. The van der Waals surface area contributed by atoms with Crippen LogP contribution in [0.2, 0.25) is 0 Å². The van der Waals surface area contributed by atoms with Crippen LogP contribution in [0.3, 0.4) is 0 Å². The number of hydrogen-bond donors (Lipinski definition) is 1. The van der Waals surface area contributed by atoms with Crippen LogP contribution in [0.4, 0.5) is 11.6 Å². The first-order valence-corrected chi connectivity index (χ1v) is 11.4. The lowest BCUT2D eigenvalue weighted by Gasteiger charge is -2.38. The molecule has 0 amide bonds. The van der Waals surface area contributed by atoms with Crippen LogP contribution < -0.4 is 19.9 Å². The lowest BCUT2D eigenvalue weighted by atomic mass is 10.2. The summed E-state index contributed by atoms with van der Waals surface area (Å²) in [5, 5.41) is 3.56. The molecule has 172 valence electrons. The maximum absolute atomic E-state index is 5.26. The first-order valence-electron chi connectivity index (χ1n) is 11.4. The van der Waals surface area contributed by atoms with Crippen LogP contribution in [-0.4, -0.2) is 105 Å².